The molecule has 3 amide bonds. The van der Waals surface area contributed by atoms with Gasteiger partial charge in [-0.2, -0.15) is 0 Å². The number of pyridine rings is 2. The number of aryl methyl sites for hydroxylation is 1. The van der Waals surface area contributed by atoms with E-state index in [1.807, 2.05) is 38.8 Å². The Morgan fingerprint density at radius 2 is 1.60 bits per heavy atom. The van der Waals surface area contributed by atoms with E-state index in [2.05, 4.69) is 25.9 Å². The molecule has 3 aromatic rings. The third kappa shape index (κ3) is 6.63. The Morgan fingerprint density at radius 3 is 2.20 bits per heavy atom. The zero-order chi connectivity index (χ0) is 29.0. The molecule has 1 aliphatic rings. The van der Waals surface area contributed by atoms with Crippen molar-refractivity contribution in [3.05, 3.63) is 76.7 Å². The average Bonchev–Trinajstić information content (AvgIpc) is 3.48. The SMILES string of the molecule is CNC(=O)c1cc(C(=O)Nc2cnc(C)c(C(=O)Nc3ccc(N(C)C4CCCO4)nc3)c2)cc(C(C)(C)C)c1. The van der Waals surface area contributed by atoms with Crippen LogP contribution in [-0.4, -0.2) is 54.6 Å². The zero-order valence-electron chi connectivity index (χ0n) is 23.8. The van der Waals surface area contributed by atoms with Crippen LogP contribution in [0.3, 0.4) is 0 Å². The Labute approximate surface area is 234 Å². The fraction of sp³-hybridized carbons (Fsp3) is 0.367. The maximum atomic E-state index is 13.2. The number of rotatable bonds is 7. The average molecular weight is 545 g/mol. The fourth-order valence-electron chi connectivity index (χ4n) is 4.38. The third-order valence-corrected chi connectivity index (χ3v) is 6.84. The second kappa shape index (κ2) is 11.8. The quantitative estimate of drug-likeness (QED) is 0.399. The molecule has 0 spiro atoms. The number of ether oxygens (including phenoxy) is 1. The van der Waals surface area contributed by atoms with Gasteiger partial charge in [0.2, 0.25) is 0 Å². The summed E-state index contributed by atoms with van der Waals surface area (Å²) in [6.45, 7) is 8.50. The minimum Gasteiger partial charge on any atom is -0.358 e. The Morgan fingerprint density at radius 1 is 0.925 bits per heavy atom. The van der Waals surface area contributed by atoms with E-state index in [4.69, 9.17) is 4.74 Å². The van der Waals surface area contributed by atoms with Crippen LogP contribution in [0.1, 0.15) is 75.9 Å². The number of nitrogens with zero attached hydrogens (tertiary/aromatic N) is 3. The van der Waals surface area contributed by atoms with Crippen molar-refractivity contribution in [2.24, 2.45) is 0 Å². The molecule has 40 heavy (non-hydrogen) atoms. The number of nitrogens with one attached hydrogen (secondary N) is 3. The summed E-state index contributed by atoms with van der Waals surface area (Å²) >= 11 is 0. The standard InChI is InChI=1S/C30H36N6O4/c1-18-24(29(39)34-22-9-10-25(33-16-22)36(6)26-8-7-11-40-26)15-23(17-32-18)35-28(38)20-12-19(27(37)31-5)13-21(14-20)30(2,3)4/h9-10,12-17,26H,7-8,11H2,1-6H3,(H,31,37)(H,34,39)(H,35,38). The van der Waals surface area contributed by atoms with Gasteiger partial charge in [-0.25, -0.2) is 4.98 Å². The van der Waals surface area contributed by atoms with E-state index in [9.17, 15) is 14.4 Å². The van der Waals surface area contributed by atoms with Crippen molar-refractivity contribution in [2.75, 3.05) is 36.2 Å². The van der Waals surface area contributed by atoms with E-state index in [1.54, 1.807) is 50.5 Å². The molecule has 1 aliphatic heterocycles. The number of hydrogen-bond acceptors (Lipinski definition) is 7. The van der Waals surface area contributed by atoms with Crippen LogP contribution in [0.15, 0.2) is 48.8 Å². The van der Waals surface area contributed by atoms with Crippen LogP contribution in [-0.2, 0) is 10.2 Å². The van der Waals surface area contributed by atoms with E-state index in [1.165, 1.54) is 6.20 Å². The number of hydrogen-bond donors (Lipinski definition) is 3. The van der Waals surface area contributed by atoms with Gasteiger partial charge in [-0.3, -0.25) is 19.4 Å². The molecule has 2 aromatic heterocycles. The predicted molar refractivity (Wildman–Crippen MR) is 155 cm³/mol. The molecule has 1 unspecified atom stereocenters. The molecule has 0 bridgehead atoms. The van der Waals surface area contributed by atoms with Crippen LogP contribution in [0.2, 0.25) is 0 Å². The molecule has 4 rings (SSSR count). The topological polar surface area (TPSA) is 126 Å². The smallest absolute Gasteiger partial charge is 0.257 e. The molecule has 3 heterocycles. The minimum absolute atomic E-state index is 0.00550. The monoisotopic (exact) mass is 544 g/mol. The Hall–Kier alpha value is -4.31. The second-order valence-corrected chi connectivity index (χ2v) is 10.9. The molecular formula is C30H36N6O4. The summed E-state index contributed by atoms with van der Waals surface area (Å²) in [4.78, 5) is 49.4. The van der Waals surface area contributed by atoms with E-state index in [-0.39, 0.29) is 23.5 Å². The predicted octanol–water partition coefficient (Wildman–Crippen LogP) is 4.52. The molecule has 0 aliphatic carbocycles. The van der Waals surface area contributed by atoms with E-state index in [0.29, 0.717) is 33.8 Å². The van der Waals surface area contributed by atoms with Gasteiger partial charge >= 0.3 is 0 Å². The summed E-state index contributed by atoms with van der Waals surface area (Å²) in [5, 5.41) is 8.27. The summed E-state index contributed by atoms with van der Waals surface area (Å²) in [6, 6.07) is 10.3. The maximum absolute atomic E-state index is 13.2. The first kappa shape index (κ1) is 28.7. The lowest BCUT2D eigenvalue weighted by Crippen LogP contribution is -2.31. The van der Waals surface area contributed by atoms with Crippen molar-refractivity contribution in [1.82, 2.24) is 15.3 Å². The molecule has 0 saturated carbocycles. The van der Waals surface area contributed by atoms with Crippen molar-refractivity contribution in [1.29, 1.82) is 0 Å². The molecule has 210 valence electrons. The fourth-order valence-corrected chi connectivity index (χ4v) is 4.38. The van der Waals surface area contributed by atoms with Crippen LogP contribution < -0.4 is 20.9 Å². The van der Waals surface area contributed by atoms with E-state index >= 15 is 0 Å². The normalized spacial score (nSPS) is 14.9. The maximum Gasteiger partial charge on any atom is 0.257 e. The summed E-state index contributed by atoms with van der Waals surface area (Å²) in [5.74, 6) is -0.317. The van der Waals surface area contributed by atoms with E-state index < -0.39 is 5.91 Å². The molecule has 10 heteroatoms. The van der Waals surface area contributed by atoms with Gasteiger partial charge in [0.1, 0.15) is 12.0 Å². The van der Waals surface area contributed by atoms with Gasteiger partial charge in [-0.15, -0.1) is 0 Å². The molecule has 1 saturated heterocycles. The van der Waals surface area contributed by atoms with Gasteiger partial charge in [0.15, 0.2) is 0 Å². The Bertz CT molecular complexity index is 1410. The van der Waals surface area contributed by atoms with Gasteiger partial charge in [-0.05, 0) is 67.1 Å². The van der Waals surface area contributed by atoms with Crippen molar-refractivity contribution >= 4 is 34.9 Å². The summed E-state index contributed by atoms with van der Waals surface area (Å²) in [5.41, 5.74) is 3.01. The summed E-state index contributed by atoms with van der Waals surface area (Å²) in [6.07, 6.45) is 5.07. The molecule has 10 nitrogen and oxygen atoms in total. The lowest BCUT2D eigenvalue weighted by Gasteiger charge is -2.24. The van der Waals surface area contributed by atoms with E-state index in [0.717, 1.165) is 30.8 Å². The van der Waals surface area contributed by atoms with Crippen LogP contribution >= 0.6 is 0 Å². The minimum atomic E-state index is -0.414. The van der Waals surface area contributed by atoms with Gasteiger partial charge in [-0.1, -0.05) is 20.8 Å². The molecule has 3 N–H and O–H groups in total. The van der Waals surface area contributed by atoms with Crippen LogP contribution in [0.5, 0.6) is 0 Å². The number of benzene rings is 1. The summed E-state index contributed by atoms with van der Waals surface area (Å²) in [7, 11) is 3.48. The number of aromatic nitrogens is 2. The van der Waals surface area contributed by atoms with Gasteiger partial charge < -0.3 is 25.6 Å². The van der Waals surface area contributed by atoms with Crippen LogP contribution in [0.4, 0.5) is 17.2 Å². The molecule has 1 aromatic carbocycles. The Kier molecular flexibility index (Phi) is 8.49. The highest BCUT2D eigenvalue weighted by molar-refractivity contribution is 6.08. The largest absolute Gasteiger partial charge is 0.358 e. The first-order chi connectivity index (χ1) is 19.0. The number of amides is 3. The number of carbonyl (C=O) groups excluding carboxylic acids is 3. The molecule has 1 fully saturated rings. The highest BCUT2D eigenvalue weighted by atomic mass is 16.5. The van der Waals surface area contributed by atoms with Gasteiger partial charge in [0.05, 0.1) is 35.0 Å². The van der Waals surface area contributed by atoms with Gasteiger partial charge in [0.25, 0.3) is 17.7 Å². The zero-order valence-corrected chi connectivity index (χ0v) is 23.8. The molecule has 0 radical (unpaired) electrons. The Balaban J connectivity index is 1.50. The first-order valence-corrected chi connectivity index (χ1v) is 13.2. The second-order valence-electron chi connectivity index (χ2n) is 10.9. The van der Waals surface area contributed by atoms with Crippen LogP contribution in [0.25, 0.3) is 0 Å². The van der Waals surface area contributed by atoms with Crippen molar-refractivity contribution < 1.29 is 19.1 Å². The lowest BCUT2D eigenvalue weighted by atomic mass is 9.85. The van der Waals surface area contributed by atoms with Gasteiger partial charge in [0, 0.05) is 31.8 Å². The highest BCUT2D eigenvalue weighted by Gasteiger charge is 2.22. The third-order valence-electron chi connectivity index (χ3n) is 6.84. The van der Waals surface area contributed by atoms with Crippen molar-refractivity contribution in [3.8, 4) is 0 Å². The lowest BCUT2D eigenvalue weighted by molar-refractivity contribution is 0.0961. The number of carbonyl (C=O) groups is 3. The molecule has 1 atom stereocenters. The van der Waals surface area contributed by atoms with Crippen LogP contribution in [0, 0.1) is 6.92 Å². The first-order valence-electron chi connectivity index (χ1n) is 13.2. The summed E-state index contributed by atoms with van der Waals surface area (Å²) < 4.78 is 5.71. The molecular weight excluding hydrogens is 508 g/mol. The van der Waals surface area contributed by atoms with Crippen molar-refractivity contribution in [2.45, 2.75) is 52.2 Å². The van der Waals surface area contributed by atoms with Crippen molar-refractivity contribution in [3.63, 3.8) is 0 Å². The highest BCUT2D eigenvalue weighted by Crippen LogP contribution is 2.26. The number of anilines is 3.